The molecule has 0 bridgehead atoms. The first-order chi connectivity index (χ1) is 22.3. The van der Waals surface area contributed by atoms with Crippen LogP contribution >= 0.6 is 0 Å². The van der Waals surface area contributed by atoms with Crippen molar-refractivity contribution in [3.63, 3.8) is 0 Å². The van der Waals surface area contributed by atoms with Crippen molar-refractivity contribution in [1.29, 1.82) is 0 Å². The number of ether oxygens (including phenoxy) is 3. The Morgan fingerprint density at radius 1 is 0.848 bits per heavy atom. The van der Waals surface area contributed by atoms with Gasteiger partial charge in [-0.3, -0.25) is 9.59 Å². The first kappa shape index (κ1) is 32.5. The summed E-state index contributed by atoms with van der Waals surface area (Å²) >= 11 is 0. The highest BCUT2D eigenvalue weighted by Crippen LogP contribution is 2.34. The lowest BCUT2D eigenvalue weighted by Crippen LogP contribution is -2.53. The Balaban J connectivity index is 1.38. The molecule has 10 nitrogen and oxygen atoms in total. The molecule has 1 aliphatic rings. The molecule has 5 rings (SSSR count). The van der Waals surface area contributed by atoms with Gasteiger partial charge in [0.05, 0.1) is 37.9 Å². The Morgan fingerprint density at radius 2 is 1.48 bits per heavy atom. The lowest BCUT2D eigenvalue weighted by atomic mass is 10.1. The standard InChI is InChI=1S/C35H37N3O7S/c1-43-31-18-17-28(23-32(31)44-2)46(41,42)37(22-20-27-13-7-4-8-14-27)25-34(39)38-24-33(45-30-16-10-9-15-29(30)38)35(40)36-21-19-26-11-5-3-6-12-26/h3-18,23,33H,19-22,24-25H2,1-2H3,(H,36,40)/t33-/m0/s1. The summed E-state index contributed by atoms with van der Waals surface area (Å²) in [5, 5.41) is 2.91. The molecule has 0 spiro atoms. The Morgan fingerprint density at radius 3 is 2.15 bits per heavy atom. The van der Waals surface area contributed by atoms with Crippen LogP contribution in [0.3, 0.4) is 0 Å². The van der Waals surface area contributed by atoms with E-state index in [4.69, 9.17) is 14.2 Å². The minimum absolute atomic E-state index is 0.0379. The van der Waals surface area contributed by atoms with E-state index in [1.54, 1.807) is 24.3 Å². The number of amides is 2. The van der Waals surface area contributed by atoms with Crippen LogP contribution in [0.1, 0.15) is 11.1 Å². The van der Waals surface area contributed by atoms with Crippen LogP contribution in [-0.2, 0) is 32.5 Å². The van der Waals surface area contributed by atoms with Gasteiger partial charge in [-0.25, -0.2) is 8.42 Å². The van der Waals surface area contributed by atoms with Crippen LogP contribution in [0.4, 0.5) is 5.69 Å². The zero-order valence-corrected chi connectivity index (χ0v) is 26.6. The molecule has 4 aromatic carbocycles. The van der Waals surface area contributed by atoms with E-state index in [-0.39, 0.29) is 29.6 Å². The predicted molar refractivity (Wildman–Crippen MR) is 175 cm³/mol. The van der Waals surface area contributed by atoms with Gasteiger partial charge in [-0.2, -0.15) is 4.31 Å². The van der Waals surface area contributed by atoms with E-state index in [1.165, 1.54) is 37.3 Å². The number of sulfonamides is 1. The summed E-state index contributed by atoms with van der Waals surface area (Å²) in [5.74, 6) is 0.147. The van der Waals surface area contributed by atoms with Gasteiger partial charge < -0.3 is 24.4 Å². The van der Waals surface area contributed by atoms with Crippen molar-refractivity contribution >= 4 is 27.5 Å². The van der Waals surface area contributed by atoms with E-state index in [9.17, 15) is 18.0 Å². The molecule has 1 heterocycles. The minimum atomic E-state index is -4.17. The molecule has 0 saturated heterocycles. The largest absolute Gasteiger partial charge is 0.493 e. The molecule has 0 radical (unpaired) electrons. The lowest BCUT2D eigenvalue weighted by Gasteiger charge is -2.35. The summed E-state index contributed by atoms with van der Waals surface area (Å²) in [6, 6.07) is 30.5. The summed E-state index contributed by atoms with van der Waals surface area (Å²) in [5.41, 5.74) is 2.47. The van der Waals surface area contributed by atoms with Crippen molar-refractivity contribution < 1.29 is 32.2 Å². The second kappa shape index (κ2) is 14.9. The van der Waals surface area contributed by atoms with E-state index in [0.29, 0.717) is 36.6 Å². The molecule has 1 atom stereocenters. The van der Waals surface area contributed by atoms with Crippen LogP contribution in [0.2, 0.25) is 0 Å². The van der Waals surface area contributed by atoms with Crippen molar-refractivity contribution in [3.05, 3.63) is 114 Å². The number of carbonyl (C=O) groups is 2. The molecule has 0 aliphatic carbocycles. The first-order valence-electron chi connectivity index (χ1n) is 14.9. The molecule has 4 aromatic rings. The van der Waals surface area contributed by atoms with Gasteiger partial charge in [0.1, 0.15) is 5.75 Å². The maximum absolute atomic E-state index is 14.1. The number of rotatable bonds is 13. The van der Waals surface area contributed by atoms with Crippen molar-refractivity contribution in [3.8, 4) is 17.2 Å². The summed E-state index contributed by atoms with van der Waals surface area (Å²) in [4.78, 5) is 28.6. The van der Waals surface area contributed by atoms with Crippen molar-refractivity contribution in [2.24, 2.45) is 0 Å². The summed E-state index contributed by atoms with van der Waals surface area (Å²) in [6.45, 7) is -0.0902. The zero-order chi connectivity index (χ0) is 32.5. The fraction of sp³-hybridized carbons (Fsp3) is 0.257. The molecular weight excluding hydrogens is 606 g/mol. The van der Waals surface area contributed by atoms with Crippen LogP contribution in [0.5, 0.6) is 17.2 Å². The van der Waals surface area contributed by atoms with Gasteiger partial charge in [-0.15, -0.1) is 0 Å². The summed E-state index contributed by atoms with van der Waals surface area (Å²) < 4.78 is 45.9. The molecule has 0 unspecified atom stereocenters. The van der Waals surface area contributed by atoms with Gasteiger partial charge in [0, 0.05) is 19.2 Å². The number of para-hydroxylation sites is 2. The number of anilines is 1. The Labute approximate surface area is 269 Å². The molecule has 0 fully saturated rings. The third-order valence-electron chi connectivity index (χ3n) is 7.72. The number of hydrogen-bond donors (Lipinski definition) is 1. The van der Waals surface area contributed by atoms with Gasteiger partial charge in [-0.1, -0.05) is 72.8 Å². The third kappa shape index (κ3) is 7.67. The fourth-order valence-corrected chi connectivity index (χ4v) is 6.65. The number of nitrogens with zero attached hydrogens (tertiary/aromatic N) is 2. The topological polar surface area (TPSA) is 114 Å². The highest BCUT2D eigenvalue weighted by Gasteiger charge is 2.36. The van der Waals surface area contributed by atoms with Gasteiger partial charge in [0.25, 0.3) is 5.91 Å². The average Bonchev–Trinajstić information content (AvgIpc) is 3.09. The highest BCUT2D eigenvalue weighted by atomic mass is 32.2. The maximum atomic E-state index is 14.1. The number of benzene rings is 4. The first-order valence-corrected chi connectivity index (χ1v) is 16.4. The SMILES string of the molecule is COc1ccc(S(=O)(=O)N(CCc2ccccc2)CC(=O)N2C[C@@H](C(=O)NCCc3ccccc3)Oc3ccccc32)cc1OC. The fourth-order valence-electron chi connectivity index (χ4n) is 5.24. The Kier molecular flexibility index (Phi) is 10.6. The van der Waals surface area contributed by atoms with E-state index in [1.807, 2.05) is 60.7 Å². The Hall–Kier alpha value is -4.87. The summed E-state index contributed by atoms with van der Waals surface area (Å²) in [6.07, 6.45) is 0.0465. The molecule has 1 N–H and O–H groups in total. The number of carbonyl (C=O) groups excluding carboxylic acids is 2. The third-order valence-corrected chi connectivity index (χ3v) is 9.56. The van der Waals surface area contributed by atoms with E-state index in [2.05, 4.69) is 5.32 Å². The normalized spacial score (nSPS) is 14.2. The zero-order valence-electron chi connectivity index (χ0n) is 25.8. The van der Waals surface area contributed by atoms with Gasteiger partial charge in [0.2, 0.25) is 15.9 Å². The average molecular weight is 644 g/mol. The molecule has 0 aromatic heterocycles. The van der Waals surface area contributed by atoms with E-state index in [0.717, 1.165) is 15.4 Å². The number of fused-ring (bicyclic) bond motifs is 1. The van der Waals surface area contributed by atoms with Crippen LogP contribution in [0.25, 0.3) is 0 Å². The summed E-state index contributed by atoms with van der Waals surface area (Å²) in [7, 11) is -1.28. The number of methoxy groups -OCH3 is 2. The van der Waals surface area contributed by atoms with Gasteiger partial charge in [-0.05, 0) is 48.2 Å². The molecule has 46 heavy (non-hydrogen) atoms. The van der Waals surface area contributed by atoms with Crippen LogP contribution in [0, 0.1) is 0 Å². The smallest absolute Gasteiger partial charge is 0.262 e. The van der Waals surface area contributed by atoms with E-state index < -0.39 is 28.6 Å². The quantitative estimate of drug-likeness (QED) is 0.234. The minimum Gasteiger partial charge on any atom is -0.493 e. The van der Waals surface area contributed by atoms with Gasteiger partial charge in [0.15, 0.2) is 17.6 Å². The van der Waals surface area contributed by atoms with Crippen LogP contribution in [0.15, 0.2) is 108 Å². The number of nitrogens with one attached hydrogen (secondary N) is 1. The Bertz CT molecular complexity index is 1750. The molecule has 1 aliphatic heterocycles. The molecule has 11 heteroatoms. The predicted octanol–water partition coefficient (Wildman–Crippen LogP) is 4.09. The van der Waals surface area contributed by atoms with E-state index >= 15 is 0 Å². The van der Waals surface area contributed by atoms with Crippen molar-refractivity contribution in [2.75, 3.05) is 45.3 Å². The molecule has 2 amide bonds. The second-order valence-electron chi connectivity index (χ2n) is 10.7. The maximum Gasteiger partial charge on any atom is 0.262 e. The van der Waals surface area contributed by atoms with Gasteiger partial charge >= 0.3 is 0 Å². The molecule has 0 saturated carbocycles. The van der Waals surface area contributed by atoms with Crippen molar-refractivity contribution in [2.45, 2.75) is 23.8 Å². The highest BCUT2D eigenvalue weighted by molar-refractivity contribution is 7.89. The molecular formula is C35H37N3O7S. The molecule has 240 valence electrons. The second-order valence-corrected chi connectivity index (χ2v) is 12.6. The monoisotopic (exact) mass is 643 g/mol. The lowest BCUT2D eigenvalue weighted by molar-refractivity contribution is -0.128. The number of hydrogen-bond acceptors (Lipinski definition) is 7. The van der Waals surface area contributed by atoms with Crippen molar-refractivity contribution in [1.82, 2.24) is 9.62 Å². The van der Waals surface area contributed by atoms with Crippen LogP contribution in [-0.4, -0.2) is 71.0 Å². The van der Waals surface area contributed by atoms with Crippen LogP contribution < -0.4 is 24.4 Å².